The average molecular weight is 801 g/mol. The molecule has 0 radical (unpaired) electrons. The van der Waals surface area contributed by atoms with Crippen molar-refractivity contribution < 1.29 is 33.1 Å². The van der Waals surface area contributed by atoms with Gasteiger partial charge in [-0.3, -0.25) is 14.4 Å². The summed E-state index contributed by atoms with van der Waals surface area (Å²) in [5, 5.41) is 13.2. The maximum atomic E-state index is 16.5. The number of methoxy groups -OCH3 is 1. The predicted octanol–water partition coefficient (Wildman–Crippen LogP) is 7.37. The van der Waals surface area contributed by atoms with Crippen molar-refractivity contribution in [1.29, 1.82) is 0 Å². The molecule has 3 amide bonds. The Labute approximate surface area is 318 Å². The number of halogens is 2. The highest BCUT2D eigenvalue weighted by molar-refractivity contribution is 9.10. The quantitative estimate of drug-likeness (QED) is 0.135. The van der Waals surface area contributed by atoms with Crippen LogP contribution in [-0.2, 0) is 39.4 Å². The smallest absolute Gasteiger partial charge is 0.264 e. The maximum Gasteiger partial charge on any atom is 0.264 e. The lowest BCUT2D eigenvalue weighted by molar-refractivity contribution is -0.151. The Hall–Kier alpha value is -4.36. The van der Waals surface area contributed by atoms with Crippen molar-refractivity contribution in [1.82, 2.24) is 4.90 Å². The fraction of sp³-hybridized carbons (Fsp3) is 0.341. The van der Waals surface area contributed by atoms with E-state index in [0.717, 1.165) is 21.2 Å². The Kier molecular flexibility index (Phi) is 10.1. The number of aliphatic hydroxyl groups excluding tert-OH is 1. The van der Waals surface area contributed by atoms with Crippen LogP contribution in [0.4, 0.5) is 15.5 Å². The number of amides is 3. The fourth-order valence-corrected chi connectivity index (χ4v) is 11.4. The number of hydrogen-bond acceptors (Lipinski definition) is 6. The number of nitrogens with one attached hydrogen (secondary N) is 1. The normalized spacial score (nSPS) is 23.6. The minimum Gasteiger partial charge on any atom is -0.497 e. The van der Waals surface area contributed by atoms with E-state index in [4.69, 9.17) is 9.47 Å². The summed E-state index contributed by atoms with van der Waals surface area (Å²) in [7, 11) is -1.95. The largest absolute Gasteiger partial charge is 0.497 e. The molecule has 1 spiro atoms. The number of benzene rings is 4. The molecular formula is C41H43BrFN3O6Si. The van der Waals surface area contributed by atoms with Crippen LogP contribution in [0.3, 0.4) is 0 Å². The van der Waals surface area contributed by atoms with Crippen molar-refractivity contribution >= 4 is 53.4 Å². The number of hydrogen-bond donors (Lipinski definition) is 2. The highest BCUT2D eigenvalue weighted by atomic mass is 79.9. The Morgan fingerprint density at radius 3 is 2.40 bits per heavy atom. The van der Waals surface area contributed by atoms with Gasteiger partial charge in [-0.1, -0.05) is 59.3 Å². The summed E-state index contributed by atoms with van der Waals surface area (Å²) in [5.41, 5.74) is 3.19. The third-order valence-corrected chi connectivity index (χ3v) is 14.0. The molecule has 0 unspecified atom stereocenters. The first kappa shape index (κ1) is 37.0. The van der Waals surface area contributed by atoms with E-state index in [1.165, 1.54) is 0 Å². The lowest BCUT2D eigenvalue weighted by Gasteiger charge is -2.37. The molecule has 0 aliphatic carbocycles. The van der Waals surface area contributed by atoms with Crippen LogP contribution in [0.5, 0.6) is 5.75 Å². The van der Waals surface area contributed by atoms with Crippen LogP contribution in [0.25, 0.3) is 0 Å². The Morgan fingerprint density at radius 2 is 1.74 bits per heavy atom. The molecule has 3 aliphatic rings. The molecule has 0 aromatic heterocycles. The Morgan fingerprint density at radius 1 is 1.04 bits per heavy atom. The number of fused-ring (bicyclic) bond motifs is 3. The van der Waals surface area contributed by atoms with Crippen LogP contribution in [-0.4, -0.2) is 62.0 Å². The number of nitrogens with zero attached hydrogens (tertiary/aromatic N) is 2. The molecule has 53 heavy (non-hydrogen) atoms. The van der Waals surface area contributed by atoms with Crippen molar-refractivity contribution in [2.75, 3.05) is 23.9 Å². The molecule has 3 heterocycles. The zero-order valence-electron chi connectivity index (χ0n) is 30.1. The van der Waals surface area contributed by atoms with E-state index in [1.807, 2.05) is 61.5 Å². The highest BCUT2D eigenvalue weighted by Gasteiger charge is 2.67. The monoisotopic (exact) mass is 799 g/mol. The summed E-state index contributed by atoms with van der Waals surface area (Å²) in [4.78, 5) is 45.2. The molecule has 5 atom stereocenters. The zero-order valence-corrected chi connectivity index (χ0v) is 32.7. The van der Waals surface area contributed by atoms with Crippen LogP contribution in [0.15, 0.2) is 95.5 Å². The van der Waals surface area contributed by atoms with E-state index in [2.05, 4.69) is 21.2 Å². The molecule has 4 aromatic carbocycles. The van der Waals surface area contributed by atoms with Crippen LogP contribution >= 0.6 is 15.9 Å². The lowest BCUT2D eigenvalue weighted by Crippen LogP contribution is -2.48. The standard InChI is InChI=1S/C41H43BrFN3O6Si/c1-25-38(53(3,4)43)36(21-37(48)45-23-29-8-6-5-7-28(29)19-32(45)24-47)52-41(25)34-20-30(42)13-18-35(34)46(40(41)50)22-26-9-14-31(15-10-26)44-39(49)27-11-16-33(51-2)17-12-27/h5-18,20,25,32,36,38,47H,19,21-24H2,1-4H3,(H,44,49)/t25-,32-,36+,38-,41+/m0/s1. The summed E-state index contributed by atoms with van der Waals surface area (Å²) < 4.78 is 29.3. The van der Waals surface area contributed by atoms with E-state index < -0.39 is 37.6 Å². The van der Waals surface area contributed by atoms with Crippen LogP contribution < -0.4 is 15.0 Å². The van der Waals surface area contributed by atoms with Gasteiger partial charge in [-0.2, -0.15) is 0 Å². The second kappa shape index (κ2) is 14.5. The Balaban J connectivity index is 1.14. The number of carbonyl (C=O) groups is 3. The molecule has 1 fully saturated rings. The van der Waals surface area contributed by atoms with E-state index >= 15 is 4.11 Å². The van der Waals surface area contributed by atoms with Gasteiger partial charge in [0.15, 0.2) is 5.60 Å². The lowest BCUT2D eigenvalue weighted by atomic mass is 9.82. The van der Waals surface area contributed by atoms with Gasteiger partial charge in [-0.25, -0.2) is 0 Å². The fourth-order valence-electron chi connectivity index (χ4n) is 8.53. The summed E-state index contributed by atoms with van der Waals surface area (Å²) >= 11 is 3.59. The van der Waals surface area contributed by atoms with Crippen molar-refractivity contribution in [2.45, 2.75) is 69.2 Å². The third kappa shape index (κ3) is 6.82. The molecule has 276 valence electrons. The summed E-state index contributed by atoms with van der Waals surface area (Å²) in [6.07, 6.45) is -0.414. The molecule has 0 bridgehead atoms. The number of aliphatic hydroxyl groups is 1. The van der Waals surface area contributed by atoms with Gasteiger partial charge in [0.05, 0.1) is 44.5 Å². The zero-order chi connectivity index (χ0) is 37.7. The minimum absolute atomic E-state index is 0.101. The number of rotatable bonds is 9. The van der Waals surface area contributed by atoms with Gasteiger partial charge >= 0.3 is 0 Å². The predicted molar refractivity (Wildman–Crippen MR) is 207 cm³/mol. The molecule has 0 saturated carbocycles. The van der Waals surface area contributed by atoms with E-state index in [9.17, 15) is 19.5 Å². The Bertz CT molecular complexity index is 2040. The average Bonchev–Trinajstić information content (AvgIpc) is 3.57. The van der Waals surface area contributed by atoms with E-state index in [1.54, 1.807) is 66.4 Å². The van der Waals surface area contributed by atoms with Crippen molar-refractivity contribution in [2.24, 2.45) is 5.92 Å². The van der Waals surface area contributed by atoms with E-state index in [-0.39, 0.29) is 37.3 Å². The minimum atomic E-state index is -3.52. The van der Waals surface area contributed by atoms with Gasteiger partial charge in [0, 0.05) is 39.3 Å². The molecule has 7 rings (SSSR count). The highest BCUT2D eigenvalue weighted by Crippen LogP contribution is 2.60. The SMILES string of the molecule is COc1ccc(C(=O)Nc2ccc(CN3C(=O)[C@]4(O[C@H](CC(=O)N5Cc6ccccc6C[C@H]5CO)[C@@H]([Si](C)(C)F)[C@@H]4C)c4cc(Br)ccc43)cc2)cc1. The van der Waals surface area contributed by atoms with Crippen molar-refractivity contribution in [3.8, 4) is 5.75 Å². The van der Waals surface area contributed by atoms with Crippen molar-refractivity contribution in [3.05, 3.63) is 123 Å². The van der Waals surface area contributed by atoms with Crippen LogP contribution in [0.2, 0.25) is 18.6 Å². The molecule has 2 N–H and O–H groups in total. The number of anilines is 2. The second-order valence-electron chi connectivity index (χ2n) is 14.7. The molecular weight excluding hydrogens is 757 g/mol. The van der Waals surface area contributed by atoms with Gasteiger partial charge in [0.25, 0.3) is 11.8 Å². The first-order valence-electron chi connectivity index (χ1n) is 17.8. The molecule has 9 nitrogen and oxygen atoms in total. The third-order valence-electron chi connectivity index (χ3n) is 11.1. The summed E-state index contributed by atoms with van der Waals surface area (Å²) in [5.74, 6) is -0.697. The first-order valence-corrected chi connectivity index (χ1v) is 21.6. The summed E-state index contributed by atoms with van der Waals surface area (Å²) in [6, 6.07) is 27.2. The number of ether oxygens (including phenoxy) is 2. The van der Waals surface area contributed by atoms with Crippen LogP contribution in [0, 0.1) is 5.92 Å². The topological polar surface area (TPSA) is 108 Å². The van der Waals surface area contributed by atoms with Gasteiger partial charge in [0.2, 0.25) is 14.3 Å². The van der Waals surface area contributed by atoms with Gasteiger partial charge in [-0.15, -0.1) is 0 Å². The molecule has 12 heteroatoms. The second-order valence-corrected chi connectivity index (χ2v) is 19.4. The number of carbonyl (C=O) groups excluding carboxylic acids is 3. The summed E-state index contributed by atoms with van der Waals surface area (Å²) in [6.45, 7) is 5.49. The van der Waals surface area contributed by atoms with Gasteiger partial charge in [-0.05, 0) is 90.8 Å². The van der Waals surface area contributed by atoms with E-state index in [0.29, 0.717) is 41.2 Å². The molecule has 4 aromatic rings. The first-order chi connectivity index (χ1) is 25.3. The maximum absolute atomic E-state index is 16.5. The molecule has 3 aliphatic heterocycles. The van der Waals surface area contributed by atoms with Crippen LogP contribution in [0.1, 0.15) is 46.0 Å². The van der Waals surface area contributed by atoms with Crippen molar-refractivity contribution in [3.63, 3.8) is 0 Å². The molecule has 1 saturated heterocycles. The van der Waals surface area contributed by atoms with Gasteiger partial charge in [0.1, 0.15) is 5.75 Å². The van der Waals surface area contributed by atoms with Gasteiger partial charge < -0.3 is 33.8 Å².